The van der Waals surface area contributed by atoms with E-state index in [9.17, 15) is 5.11 Å². The number of aliphatic hydroxyl groups excluding tert-OH is 1. The molecule has 1 aromatic rings. The Morgan fingerprint density at radius 3 is 2.07 bits per heavy atom. The minimum Gasteiger partial charge on any atom is -0.489 e. The summed E-state index contributed by atoms with van der Waals surface area (Å²) in [4.78, 5) is 5.06. The second kappa shape index (κ2) is 8.56. The number of aliphatic hydroxyl groups is 1. The Morgan fingerprint density at radius 1 is 1.11 bits per heavy atom. The Kier molecular flexibility index (Phi) is 6.86. The molecular weight excluding hydrogens is 374 g/mol. The smallest absolute Gasteiger partial charge is 0.409 e. The molecule has 1 heterocycles. The Labute approximate surface area is 164 Å². The van der Waals surface area contributed by atoms with Gasteiger partial charge in [0.1, 0.15) is 0 Å². The second-order valence-electron chi connectivity index (χ2n) is 9.21. The zero-order chi connectivity index (χ0) is 20.2. The standard InChI is InChI=1S/C19H31N3O3Si2/c1-26(2,3)19(27(4,5)6)22(17(23)12-21-20)16-13-24-18(25-14-16)15-10-8-7-9-11-15/h7-12,16,18-19H,13-14H2,1-6H3/p+1/b17-12-. The van der Waals surface area contributed by atoms with E-state index >= 15 is 0 Å². The molecule has 0 aromatic heterocycles. The van der Waals surface area contributed by atoms with Crippen molar-refractivity contribution in [1.82, 2.24) is 4.90 Å². The number of ether oxygens (including phenoxy) is 2. The lowest BCUT2D eigenvalue weighted by atomic mass is 10.2. The van der Waals surface area contributed by atoms with Gasteiger partial charge >= 0.3 is 6.20 Å². The van der Waals surface area contributed by atoms with E-state index in [1.165, 1.54) is 0 Å². The fraction of sp³-hybridized carbons (Fsp3) is 0.579. The Bertz CT molecular complexity index is 671. The minimum absolute atomic E-state index is 0.0253. The van der Waals surface area contributed by atoms with Crippen molar-refractivity contribution in [2.75, 3.05) is 13.2 Å². The number of nitrogens with zero attached hydrogens (tertiary/aromatic N) is 3. The number of rotatable bonds is 6. The van der Waals surface area contributed by atoms with Gasteiger partial charge in [-0.3, -0.25) is 0 Å². The van der Waals surface area contributed by atoms with Crippen molar-refractivity contribution in [2.24, 2.45) is 0 Å². The van der Waals surface area contributed by atoms with E-state index in [1.807, 2.05) is 35.2 Å². The highest BCUT2D eigenvalue weighted by molar-refractivity contribution is 6.96. The summed E-state index contributed by atoms with van der Waals surface area (Å²) in [5, 5.41) is 19.9. The molecule has 0 bridgehead atoms. The topological polar surface area (TPSA) is 70.1 Å². The molecule has 2 rings (SSSR count). The summed E-state index contributed by atoms with van der Waals surface area (Å²) in [5.41, 5.74) is 0.986. The van der Waals surface area contributed by atoms with Gasteiger partial charge in [-0.1, -0.05) is 69.6 Å². The van der Waals surface area contributed by atoms with Crippen LogP contribution < -0.4 is 0 Å². The average molecular weight is 407 g/mol. The zero-order valence-corrected chi connectivity index (χ0v) is 19.2. The molecule has 0 unspecified atom stereocenters. The van der Waals surface area contributed by atoms with Gasteiger partial charge in [0.2, 0.25) is 5.39 Å². The summed E-state index contributed by atoms with van der Waals surface area (Å²) in [6, 6.07) is 9.72. The molecule has 0 saturated carbocycles. The molecule has 148 valence electrons. The third-order valence-electron chi connectivity index (χ3n) is 4.70. The largest absolute Gasteiger partial charge is 0.489 e. The lowest BCUT2D eigenvalue weighted by molar-refractivity contribution is -0.209. The maximum absolute atomic E-state index is 10.7. The highest BCUT2D eigenvalue weighted by atomic mass is 28.4. The fourth-order valence-electron chi connectivity index (χ4n) is 4.24. The van der Waals surface area contributed by atoms with Crippen LogP contribution in [0.5, 0.6) is 0 Å². The van der Waals surface area contributed by atoms with Crippen molar-refractivity contribution in [2.45, 2.75) is 56.9 Å². The van der Waals surface area contributed by atoms with Crippen molar-refractivity contribution in [3.8, 4) is 0 Å². The molecule has 0 radical (unpaired) electrons. The predicted octanol–water partition coefficient (Wildman–Crippen LogP) is 4.74. The predicted molar refractivity (Wildman–Crippen MR) is 113 cm³/mol. The summed E-state index contributed by atoms with van der Waals surface area (Å²) in [5.74, 6) is -0.0253. The molecule has 0 spiro atoms. The summed E-state index contributed by atoms with van der Waals surface area (Å²) in [6.07, 6.45) is 0.714. The number of hydrogen-bond donors (Lipinski definition) is 1. The molecule has 1 aliphatic heterocycles. The SMILES string of the molecule is C[Si](C)(C)C(N(/C(O)=C/[N+]#N)C1COC(c2ccccc2)OC1)[Si](C)(C)C. The van der Waals surface area contributed by atoms with Crippen molar-refractivity contribution >= 4 is 16.1 Å². The van der Waals surface area contributed by atoms with Crippen LogP contribution in [0, 0.1) is 5.39 Å². The molecule has 1 N–H and O–H groups in total. The highest BCUT2D eigenvalue weighted by Crippen LogP contribution is 2.32. The lowest BCUT2D eigenvalue weighted by Gasteiger charge is -2.50. The molecule has 1 aliphatic rings. The molecule has 27 heavy (non-hydrogen) atoms. The first kappa shape index (κ1) is 21.6. The summed E-state index contributed by atoms with van der Waals surface area (Å²) in [6.45, 7) is 14.7. The van der Waals surface area contributed by atoms with Crippen molar-refractivity contribution in [3.63, 3.8) is 0 Å². The molecule has 1 saturated heterocycles. The van der Waals surface area contributed by atoms with E-state index in [0.717, 1.165) is 11.8 Å². The van der Waals surface area contributed by atoms with Crippen LogP contribution in [0.3, 0.4) is 0 Å². The first-order chi connectivity index (χ1) is 12.6. The molecule has 1 aromatic carbocycles. The number of benzene rings is 1. The molecule has 0 atom stereocenters. The van der Waals surface area contributed by atoms with Gasteiger partial charge < -0.3 is 19.5 Å². The monoisotopic (exact) mass is 406 g/mol. The van der Waals surface area contributed by atoms with Crippen LogP contribution in [0.15, 0.2) is 42.4 Å². The van der Waals surface area contributed by atoms with Crippen molar-refractivity contribution in [3.05, 3.63) is 53.0 Å². The summed E-state index contributed by atoms with van der Waals surface area (Å²) in [7, 11) is -3.38. The van der Waals surface area contributed by atoms with Gasteiger partial charge in [0.25, 0.3) is 5.88 Å². The first-order valence-corrected chi connectivity index (χ1v) is 16.5. The molecule has 6 nitrogen and oxygen atoms in total. The fourth-order valence-corrected chi connectivity index (χ4v) is 17.0. The lowest BCUT2D eigenvalue weighted by Crippen LogP contribution is -2.66. The third kappa shape index (κ3) is 5.42. The van der Waals surface area contributed by atoms with E-state index in [0.29, 0.717) is 13.2 Å². The van der Waals surface area contributed by atoms with E-state index < -0.39 is 22.4 Å². The Hall–Kier alpha value is -1.67. The van der Waals surface area contributed by atoms with Crippen LogP contribution in [0.4, 0.5) is 0 Å². The molecule has 8 heteroatoms. The van der Waals surface area contributed by atoms with Crippen LogP contribution in [0.2, 0.25) is 39.3 Å². The van der Waals surface area contributed by atoms with Gasteiger partial charge in [0.05, 0.1) is 35.4 Å². The quantitative estimate of drug-likeness (QED) is 0.420. The van der Waals surface area contributed by atoms with Crippen LogP contribution in [0.25, 0.3) is 4.98 Å². The Morgan fingerprint density at radius 2 is 1.63 bits per heavy atom. The second-order valence-corrected chi connectivity index (χ2v) is 20.3. The van der Waals surface area contributed by atoms with E-state index in [2.05, 4.69) is 44.3 Å². The van der Waals surface area contributed by atoms with Gasteiger partial charge in [0.15, 0.2) is 11.3 Å². The van der Waals surface area contributed by atoms with E-state index in [-0.39, 0.29) is 17.2 Å². The van der Waals surface area contributed by atoms with Gasteiger partial charge in [-0.15, -0.1) is 0 Å². The van der Waals surface area contributed by atoms with Crippen LogP contribution >= 0.6 is 0 Å². The van der Waals surface area contributed by atoms with E-state index in [1.54, 1.807) is 0 Å². The van der Waals surface area contributed by atoms with Gasteiger partial charge in [-0.05, 0) is 0 Å². The van der Waals surface area contributed by atoms with Gasteiger partial charge in [-0.2, -0.15) is 0 Å². The maximum atomic E-state index is 10.7. The molecule has 1 fully saturated rings. The number of hydrogen-bond acceptors (Lipinski definition) is 5. The van der Waals surface area contributed by atoms with Crippen LogP contribution in [0.1, 0.15) is 11.9 Å². The van der Waals surface area contributed by atoms with Gasteiger partial charge in [-0.25, -0.2) is 0 Å². The first-order valence-electron chi connectivity index (χ1n) is 9.35. The van der Waals surface area contributed by atoms with Gasteiger partial charge in [0, 0.05) is 10.9 Å². The highest BCUT2D eigenvalue weighted by Gasteiger charge is 2.46. The maximum Gasteiger partial charge on any atom is 0.409 e. The summed E-state index contributed by atoms with van der Waals surface area (Å²) >= 11 is 0. The summed E-state index contributed by atoms with van der Waals surface area (Å²) < 4.78 is 12.0. The Balaban J connectivity index is 2.28. The van der Waals surface area contributed by atoms with Crippen molar-refractivity contribution < 1.29 is 14.6 Å². The van der Waals surface area contributed by atoms with Crippen LogP contribution in [-0.4, -0.2) is 50.7 Å². The average Bonchev–Trinajstić information content (AvgIpc) is 2.58. The van der Waals surface area contributed by atoms with E-state index in [4.69, 9.17) is 14.9 Å². The molecule has 0 aliphatic carbocycles. The minimum atomic E-state index is -1.69. The molecular formula is C19H32N3O3Si2+. The van der Waals surface area contributed by atoms with Crippen LogP contribution in [-0.2, 0) is 9.47 Å². The van der Waals surface area contributed by atoms with Crippen molar-refractivity contribution in [1.29, 1.82) is 5.39 Å². The number of diazo groups is 1. The normalized spacial score (nSPS) is 21.8. The zero-order valence-electron chi connectivity index (χ0n) is 17.2. The molecule has 0 amide bonds. The third-order valence-corrected chi connectivity index (χ3v) is 13.7.